The molecule has 1 unspecified atom stereocenters. The first-order valence-corrected chi connectivity index (χ1v) is 10.4. The molecule has 2 aromatic heterocycles. The van der Waals surface area contributed by atoms with Crippen molar-refractivity contribution < 1.29 is 9.18 Å². The molecule has 1 N–H and O–H groups in total. The molecule has 0 radical (unpaired) electrons. The highest BCUT2D eigenvalue weighted by Gasteiger charge is 2.20. The number of rotatable bonds is 6. The fourth-order valence-corrected chi connectivity index (χ4v) is 4.04. The number of nitrogens with one attached hydrogen (secondary N) is 1. The summed E-state index contributed by atoms with van der Waals surface area (Å²) < 4.78 is 14.9. The lowest BCUT2D eigenvalue weighted by Crippen LogP contribution is -2.22. The maximum absolute atomic E-state index is 13.5. The van der Waals surface area contributed by atoms with E-state index in [1.54, 1.807) is 19.1 Å². The van der Waals surface area contributed by atoms with Gasteiger partial charge in [0.15, 0.2) is 5.13 Å². The summed E-state index contributed by atoms with van der Waals surface area (Å²) >= 11 is 2.54. The summed E-state index contributed by atoms with van der Waals surface area (Å²) in [4.78, 5) is 17.0. The van der Waals surface area contributed by atoms with Gasteiger partial charge in [-0.15, -0.1) is 16.4 Å². The zero-order valence-corrected chi connectivity index (χ0v) is 16.8. The van der Waals surface area contributed by atoms with Crippen LogP contribution in [0.2, 0.25) is 0 Å². The van der Waals surface area contributed by atoms with Crippen molar-refractivity contribution in [3.8, 4) is 16.9 Å². The normalized spacial score (nSPS) is 11.9. The van der Waals surface area contributed by atoms with E-state index in [1.165, 1.54) is 39.9 Å². The summed E-state index contributed by atoms with van der Waals surface area (Å²) in [6.45, 7) is 1.75. The van der Waals surface area contributed by atoms with Crippen LogP contribution < -0.4 is 5.32 Å². The highest BCUT2D eigenvalue weighted by atomic mass is 32.2. The molecule has 29 heavy (non-hydrogen) atoms. The number of halogens is 1. The maximum Gasteiger partial charge on any atom is 0.239 e. The van der Waals surface area contributed by atoms with E-state index in [9.17, 15) is 9.18 Å². The second-order valence-corrected chi connectivity index (χ2v) is 8.17. The van der Waals surface area contributed by atoms with E-state index in [4.69, 9.17) is 0 Å². The molecule has 1 amide bonds. The summed E-state index contributed by atoms with van der Waals surface area (Å²) in [5.74, 6) is -0.615. The topological polar surface area (TPSA) is 85.6 Å². The number of aromatic nitrogens is 5. The molecule has 0 aliphatic heterocycles. The highest BCUT2D eigenvalue weighted by molar-refractivity contribution is 8.00. The maximum atomic E-state index is 13.5. The SMILES string of the molecule is CC(Sc1nnnn1-c1cccc(F)c1)C(=O)Nc1nc(-c2ccccc2)cs1. The van der Waals surface area contributed by atoms with Gasteiger partial charge < -0.3 is 5.32 Å². The first kappa shape index (κ1) is 19.2. The number of tetrazole rings is 1. The minimum absolute atomic E-state index is 0.224. The Morgan fingerprint density at radius 3 is 2.83 bits per heavy atom. The Hall–Kier alpha value is -3.11. The van der Waals surface area contributed by atoms with E-state index < -0.39 is 11.1 Å². The van der Waals surface area contributed by atoms with Gasteiger partial charge in [0.25, 0.3) is 0 Å². The Labute approximate surface area is 174 Å². The van der Waals surface area contributed by atoms with Crippen LogP contribution in [0.15, 0.2) is 65.1 Å². The van der Waals surface area contributed by atoms with Crippen LogP contribution in [-0.2, 0) is 4.79 Å². The first-order valence-electron chi connectivity index (χ1n) is 8.63. The van der Waals surface area contributed by atoms with Crippen LogP contribution in [-0.4, -0.2) is 36.3 Å². The number of hydrogen-bond acceptors (Lipinski definition) is 7. The summed E-state index contributed by atoms with van der Waals surface area (Å²) in [5, 5.41) is 16.6. The predicted molar refractivity (Wildman–Crippen MR) is 111 cm³/mol. The van der Waals surface area contributed by atoms with Crippen molar-refractivity contribution in [1.29, 1.82) is 0 Å². The lowest BCUT2D eigenvalue weighted by molar-refractivity contribution is -0.115. The third-order valence-electron chi connectivity index (χ3n) is 3.95. The van der Waals surface area contributed by atoms with Gasteiger partial charge in [-0.2, -0.15) is 4.68 Å². The van der Waals surface area contributed by atoms with Gasteiger partial charge in [0.2, 0.25) is 11.1 Å². The molecular formula is C19H15FN6OS2. The number of amides is 1. The minimum atomic E-state index is -0.489. The molecule has 0 aliphatic carbocycles. The number of nitrogens with zero attached hydrogens (tertiary/aromatic N) is 5. The second kappa shape index (κ2) is 8.50. The van der Waals surface area contributed by atoms with Crippen molar-refractivity contribution in [1.82, 2.24) is 25.2 Å². The standard InChI is InChI=1S/C19H15FN6OS2/c1-12(29-19-23-24-25-26(19)15-9-5-8-14(20)10-15)17(27)22-18-21-16(11-28-18)13-6-3-2-4-7-13/h2-12H,1H3,(H,21,22,27). The monoisotopic (exact) mass is 426 g/mol. The average Bonchev–Trinajstić information content (AvgIpc) is 3.38. The molecule has 2 aromatic carbocycles. The van der Waals surface area contributed by atoms with Crippen LogP contribution in [0.5, 0.6) is 0 Å². The van der Waals surface area contributed by atoms with Gasteiger partial charge in [0.1, 0.15) is 5.82 Å². The summed E-state index contributed by atoms with van der Waals surface area (Å²) in [6, 6.07) is 15.7. The fraction of sp³-hybridized carbons (Fsp3) is 0.105. The molecule has 7 nitrogen and oxygen atoms in total. The lowest BCUT2D eigenvalue weighted by Gasteiger charge is -2.10. The van der Waals surface area contributed by atoms with Gasteiger partial charge >= 0.3 is 0 Å². The molecule has 0 spiro atoms. The van der Waals surface area contributed by atoms with E-state index in [2.05, 4.69) is 25.8 Å². The first-order chi connectivity index (χ1) is 14.1. The fourth-order valence-electron chi connectivity index (χ4n) is 2.51. The molecule has 0 fully saturated rings. The second-order valence-electron chi connectivity index (χ2n) is 6.01. The number of thioether (sulfide) groups is 1. The predicted octanol–water partition coefficient (Wildman–Crippen LogP) is 4.04. The molecular weight excluding hydrogens is 411 g/mol. The third-order valence-corrected chi connectivity index (χ3v) is 5.74. The van der Waals surface area contributed by atoms with E-state index >= 15 is 0 Å². The molecule has 0 aliphatic rings. The molecule has 1 atom stereocenters. The Morgan fingerprint density at radius 1 is 1.21 bits per heavy atom. The van der Waals surface area contributed by atoms with Crippen molar-refractivity contribution in [3.05, 3.63) is 65.8 Å². The Kier molecular flexibility index (Phi) is 5.63. The van der Waals surface area contributed by atoms with Crippen LogP contribution in [0.3, 0.4) is 0 Å². The third kappa shape index (κ3) is 4.49. The zero-order chi connectivity index (χ0) is 20.2. The molecule has 146 valence electrons. The van der Waals surface area contributed by atoms with E-state index in [1.807, 2.05) is 35.7 Å². The van der Waals surface area contributed by atoms with Gasteiger partial charge in [-0.3, -0.25) is 4.79 Å². The van der Waals surface area contributed by atoms with Gasteiger partial charge in [0.05, 0.1) is 16.6 Å². The van der Waals surface area contributed by atoms with Crippen molar-refractivity contribution >= 4 is 34.1 Å². The molecule has 2 heterocycles. The number of anilines is 1. The Balaban J connectivity index is 1.44. The summed E-state index contributed by atoms with van der Waals surface area (Å²) in [6.07, 6.45) is 0. The lowest BCUT2D eigenvalue weighted by atomic mass is 10.2. The van der Waals surface area contributed by atoms with Crippen LogP contribution in [0.25, 0.3) is 16.9 Å². The van der Waals surface area contributed by atoms with Crippen molar-refractivity contribution in [2.75, 3.05) is 5.32 Å². The minimum Gasteiger partial charge on any atom is -0.301 e. The van der Waals surface area contributed by atoms with Crippen LogP contribution in [0.4, 0.5) is 9.52 Å². The van der Waals surface area contributed by atoms with Gasteiger partial charge in [0, 0.05) is 10.9 Å². The Bertz CT molecular complexity index is 1130. The van der Waals surface area contributed by atoms with E-state index in [0.29, 0.717) is 16.0 Å². The van der Waals surface area contributed by atoms with E-state index in [-0.39, 0.29) is 5.91 Å². The zero-order valence-electron chi connectivity index (χ0n) is 15.2. The quantitative estimate of drug-likeness (QED) is 0.468. The van der Waals surface area contributed by atoms with Gasteiger partial charge in [-0.05, 0) is 35.5 Å². The summed E-state index contributed by atoms with van der Waals surface area (Å²) in [5.41, 5.74) is 2.28. The molecule has 0 bridgehead atoms. The molecule has 4 rings (SSSR count). The summed E-state index contributed by atoms with van der Waals surface area (Å²) in [7, 11) is 0. The molecule has 0 saturated heterocycles. The largest absolute Gasteiger partial charge is 0.301 e. The van der Waals surface area contributed by atoms with Gasteiger partial charge in [-0.25, -0.2) is 9.37 Å². The van der Waals surface area contributed by atoms with Crippen LogP contribution in [0.1, 0.15) is 6.92 Å². The van der Waals surface area contributed by atoms with Crippen molar-refractivity contribution in [2.45, 2.75) is 17.3 Å². The van der Waals surface area contributed by atoms with Crippen LogP contribution in [0, 0.1) is 5.82 Å². The Morgan fingerprint density at radius 2 is 2.03 bits per heavy atom. The number of thiazole rings is 1. The highest BCUT2D eigenvalue weighted by Crippen LogP contribution is 2.27. The van der Waals surface area contributed by atoms with Gasteiger partial charge in [-0.1, -0.05) is 48.2 Å². The van der Waals surface area contributed by atoms with E-state index in [0.717, 1.165) is 11.3 Å². The number of benzene rings is 2. The number of carbonyl (C=O) groups excluding carboxylic acids is 1. The number of carbonyl (C=O) groups is 1. The smallest absolute Gasteiger partial charge is 0.239 e. The molecule has 0 saturated carbocycles. The van der Waals surface area contributed by atoms with Crippen LogP contribution >= 0.6 is 23.1 Å². The van der Waals surface area contributed by atoms with Crippen molar-refractivity contribution in [2.24, 2.45) is 0 Å². The molecule has 4 aromatic rings. The average molecular weight is 427 g/mol. The van der Waals surface area contributed by atoms with Crippen molar-refractivity contribution in [3.63, 3.8) is 0 Å². The molecule has 10 heteroatoms. The number of hydrogen-bond donors (Lipinski definition) is 1.